The van der Waals surface area contributed by atoms with E-state index in [4.69, 9.17) is 5.73 Å². The van der Waals surface area contributed by atoms with Gasteiger partial charge in [0.1, 0.15) is 5.52 Å². The molecule has 0 bridgehead atoms. The van der Waals surface area contributed by atoms with Crippen LogP contribution in [-0.4, -0.2) is 44.4 Å². The number of rotatable bonds is 3. The Labute approximate surface area is 119 Å². The fourth-order valence-corrected chi connectivity index (χ4v) is 3.24. The number of aromatic nitrogens is 4. The van der Waals surface area contributed by atoms with E-state index in [1.807, 2.05) is 11.7 Å². The topological polar surface area (TPSA) is 64.9 Å². The van der Waals surface area contributed by atoms with Crippen LogP contribution in [0.25, 0.3) is 11.2 Å². The number of aryl methyl sites for hydroxylation is 2. The van der Waals surface area contributed by atoms with Crippen LogP contribution in [0.1, 0.15) is 37.9 Å². The highest BCUT2D eigenvalue weighted by atomic mass is 15.4. The van der Waals surface area contributed by atoms with Crippen LogP contribution in [0.15, 0.2) is 0 Å². The summed E-state index contributed by atoms with van der Waals surface area (Å²) < 4.78 is 4.15. The maximum atomic E-state index is 6.19. The molecular weight excluding hydrogens is 252 g/mol. The van der Waals surface area contributed by atoms with Gasteiger partial charge in [-0.2, -0.15) is 5.10 Å². The monoisotopic (exact) mass is 276 g/mol. The molecule has 0 aliphatic carbocycles. The summed E-state index contributed by atoms with van der Waals surface area (Å²) in [7, 11) is 4.17. The van der Waals surface area contributed by atoms with Gasteiger partial charge in [0.05, 0.1) is 5.69 Å². The molecule has 0 atom stereocenters. The molecule has 1 saturated heterocycles. The maximum absolute atomic E-state index is 6.19. The second-order valence-corrected chi connectivity index (χ2v) is 5.87. The lowest BCUT2D eigenvalue weighted by molar-refractivity contribution is 0.224. The number of anilines is 1. The van der Waals surface area contributed by atoms with E-state index in [1.54, 1.807) is 0 Å². The zero-order chi connectivity index (χ0) is 14.3. The third kappa shape index (κ3) is 2.08. The first-order chi connectivity index (χ1) is 9.61. The summed E-state index contributed by atoms with van der Waals surface area (Å²) in [6.07, 6.45) is 4.29. The molecule has 0 amide bonds. The molecule has 3 heterocycles. The fraction of sp³-hybridized carbons (Fsp3) is 0.714. The van der Waals surface area contributed by atoms with E-state index in [0.717, 1.165) is 55.6 Å². The van der Waals surface area contributed by atoms with Crippen LogP contribution < -0.4 is 5.73 Å². The quantitative estimate of drug-likeness (QED) is 0.924. The number of likely N-dealkylation sites (tertiary alicyclic amines) is 1. The second kappa shape index (κ2) is 5.09. The van der Waals surface area contributed by atoms with Crippen molar-refractivity contribution in [3.63, 3.8) is 0 Å². The first kappa shape index (κ1) is 13.4. The van der Waals surface area contributed by atoms with Crippen molar-refractivity contribution < 1.29 is 0 Å². The normalized spacial score (nSPS) is 18.1. The fourth-order valence-electron chi connectivity index (χ4n) is 3.24. The molecule has 2 N–H and O–H groups in total. The Morgan fingerprint density at radius 1 is 1.25 bits per heavy atom. The largest absolute Gasteiger partial charge is 0.369 e. The Morgan fingerprint density at radius 3 is 2.60 bits per heavy atom. The van der Waals surface area contributed by atoms with Crippen LogP contribution in [0, 0.1) is 0 Å². The molecule has 6 nitrogen and oxygen atoms in total. The number of nitrogens with two attached hydrogens (primary N) is 1. The Kier molecular flexibility index (Phi) is 3.41. The Morgan fingerprint density at radius 2 is 1.95 bits per heavy atom. The summed E-state index contributed by atoms with van der Waals surface area (Å²) in [4.78, 5) is 6.96. The molecule has 3 rings (SSSR count). The Bertz CT molecular complexity index is 603. The highest BCUT2D eigenvalue weighted by molar-refractivity contribution is 5.78. The second-order valence-electron chi connectivity index (χ2n) is 5.87. The van der Waals surface area contributed by atoms with E-state index in [2.05, 4.69) is 33.5 Å². The van der Waals surface area contributed by atoms with Gasteiger partial charge in [0, 0.05) is 13.1 Å². The maximum Gasteiger partial charge on any atom is 0.202 e. The van der Waals surface area contributed by atoms with Crippen molar-refractivity contribution in [3.8, 4) is 0 Å². The SMILES string of the molecule is CCCc1nn(C)c2c1nc(N)n2C1CCN(C)CC1. The van der Waals surface area contributed by atoms with E-state index in [1.165, 1.54) is 0 Å². The number of imidazole rings is 1. The minimum absolute atomic E-state index is 0.445. The van der Waals surface area contributed by atoms with Gasteiger partial charge in [-0.1, -0.05) is 13.3 Å². The lowest BCUT2D eigenvalue weighted by Crippen LogP contribution is -2.32. The molecule has 0 radical (unpaired) electrons. The number of nitrogen functional groups attached to an aromatic ring is 1. The van der Waals surface area contributed by atoms with Crippen molar-refractivity contribution in [2.24, 2.45) is 7.05 Å². The average molecular weight is 276 g/mol. The molecule has 0 saturated carbocycles. The van der Waals surface area contributed by atoms with E-state index in [0.29, 0.717) is 12.0 Å². The van der Waals surface area contributed by atoms with Crippen LogP contribution >= 0.6 is 0 Å². The minimum atomic E-state index is 0.445. The van der Waals surface area contributed by atoms with Crippen molar-refractivity contribution in [3.05, 3.63) is 5.69 Å². The van der Waals surface area contributed by atoms with Gasteiger partial charge in [0.2, 0.25) is 5.95 Å². The van der Waals surface area contributed by atoms with Crippen LogP contribution in [0.2, 0.25) is 0 Å². The van der Waals surface area contributed by atoms with E-state index in [-0.39, 0.29) is 0 Å². The number of hydrogen-bond donors (Lipinski definition) is 1. The van der Waals surface area contributed by atoms with Crippen LogP contribution in [0.4, 0.5) is 5.95 Å². The van der Waals surface area contributed by atoms with Gasteiger partial charge in [-0.05, 0) is 39.4 Å². The van der Waals surface area contributed by atoms with E-state index < -0.39 is 0 Å². The van der Waals surface area contributed by atoms with Crippen molar-refractivity contribution in [2.45, 2.75) is 38.6 Å². The Hall–Kier alpha value is -1.56. The number of fused-ring (bicyclic) bond motifs is 1. The smallest absolute Gasteiger partial charge is 0.202 e. The number of nitrogens with zero attached hydrogens (tertiary/aromatic N) is 5. The summed E-state index contributed by atoms with van der Waals surface area (Å²) in [6.45, 7) is 4.39. The molecule has 1 aliphatic heterocycles. The third-order valence-corrected chi connectivity index (χ3v) is 4.30. The zero-order valence-electron chi connectivity index (χ0n) is 12.6. The van der Waals surface area contributed by atoms with Gasteiger partial charge >= 0.3 is 0 Å². The average Bonchev–Trinajstić information content (AvgIpc) is 2.90. The van der Waals surface area contributed by atoms with Gasteiger partial charge in [-0.3, -0.25) is 9.25 Å². The van der Waals surface area contributed by atoms with Crippen molar-refractivity contribution in [2.75, 3.05) is 25.9 Å². The minimum Gasteiger partial charge on any atom is -0.369 e. The van der Waals surface area contributed by atoms with Gasteiger partial charge < -0.3 is 10.6 Å². The lowest BCUT2D eigenvalue weighted by Gasteiger charge is -2.30. The number of hydrogen-bond acceptors (Lipinski definition) is 4. The summed E-state index contributed by atoms with van der Waals surface area (Å²) in [5, 5.41) is 4.62. The summed E-state index contributed by atoms with van der Waals surface area (Å²) >= 11 is 0. The van der Waals surface area contributed by atoms with Crippen molar-refractivity contribution in [1.82, 2.24) is 24.2 Å². The molecule has 1 aliphatic rings. The molecule has 0 unspecified atom stereocenters. The molecule has 0 aromatic carbocycles. The zero-order valence-corrected chi connectivity index (χ0v) is 12.6. The first-order valence-corrected chi connectivity index (χ1v) is 7.49. The molecule has 1 fully saturated rings. The highest BCUT2D eigenvalue weighted by Gasteiger charge is 2.25. The van der Waals surface area contributed by atoms with Gasteiger partial charge in [0.15, 0.2) is 5.65 Å². The standard InChI is InChI=1S/C14H24N6/c1-4-5-11-12-13(19(3)17-11)20(14(15)16-12)10-6-8-18(2)9-7-10/h10H,4-9H2,1-3H3,(H2,15,16). The predicted molar refractivity (Wildman–Crippen MR) is 80.7 cm³/mol. The molecule has 2 aromatic rings. The van der Waals surface area contributed by atoms with Crippen LogP contribution in [0.5, 0.6) is 0 Å². The van der Waals surface area contributed by atoms with Crippen molar-refractivity contribution >= 4 is 17.1 Å². The molecule has 6 heteroatoms. The number of piperidine rings is 1. The molecule has 2 aromatic heterocycles. The van der Waals surface area contributed by atoms with Gasteiger partial charge in [-0.25, -0.2) is 4.98 Å². The van der Waals surface area contributed by atoms with Crippen molar-refractivity contribution in [1.29, 1.82) is 0 Å². The van der Waals surface area contributed by atoms with Crippen LogP contribution in [-0.2, 0) is 13.5 Å². The molecule has 110 valence electrons. The van der Waals surface area contributed by atoms with E-state index in [9.17, 15) is 0 Å². The molecule has 20 heavy (non-hydrogen) atoms. The Balaban J connectivity index is 2.04. The summed E-state index contributed by atoms with van der Waals surface area (Å²) in [5.74, 6) is 0.639. The summed E-state index contributed by atoms with van der Waals surface area (Å²) in [5.41, 5.74) is 9.34. The predicted octanol–water partition coefficient (Wildman–Crippen LogP) is 1.57. The molecular formula is C14H24N6. The molecule has 0 spiro atoms. The highest BCUT2D eigenvalue weighted by Crippen LogP contribution is 2.30. The van der Waals surface area contributed by atoms with Crippen LogP contribution in [0.3, 0.4) is 0 Å². The van der Waals surface area contributed by atoms with E-state index >= 15 is 0 Å². The lowest BCUT2D eigenvalue weighted by atomic mass is 10.1. The summed E-state index contributed by atoms with van der Waals surface area (Å²) in [6, 6.07) is 0.445. The first-order valence-electron chi connectivity index (χ1n) is 7.49. The van der Waals surface area contributed by atoms with Gasteiger partial charge in [-0.15, -0.1) is 0 Å². The third-order valence-electron chi connectivity index (χ3n) is 4.30. The van der Waals surface area contributed by atoms with Gasteiger partial charge in [0.25, 0.3) is 0 Å².